The van der Waals surface area contributed by atoms with Crippen LogP contribution in [-0.2, 0) is 6.42 Å². The average molecular weight is 284 g/mol. The lowest BCUT2D eigenvalue weighted by Gasteiger charge is -2.22. The first-order valence-corrected chi connectivity index (χ1v) is 7.38. The molecule has 1 aliphatic rings. The summed E-state index contributed by atoms with van der Waals surface area (Å²) in [6.07, 6.45) is 8.34. The number of hydrogen-bond donors (Lipinski definition) is 2. The Bertz CT molecular complexity index is 580. The Morgan fingerprint density at radius 2 is 2.05 bits per heavy atom. The number of aryl methyl sites for hydroxylation is 1. The molecule has 2 aromatic rings. The summed E-state index contributed by atoms with van der Waals surface area (Å²) in [6.45, 7) is 4.19. The zero-order chi connectivity index (χ0) is 14.5. The van der Waals surface area contributed by atoms with Crippen molar-refractivity contribution >= 4 is 11.6 Å². The van der Waals surface area contributed by atoms with E-state index in [1.165, 1.54) is 12.8 Å². The van der Waals surface area contributed by atoms with E-state index < -0.39 is 0 Å². The lowest BCUT2D eigenvalue weighted by molar-refractivity contribution is 0.367. The maximum atomic E-state index is 4.61. The lowest BCUT2D eigenvalue weighted by Crippen LogP contribution is -2.29. The van der Waals surface area contributed by atoms with Gasteiger partial charge in [0.1, 0.15) is 17.5 Å². The van der Waals surface area contributed by atoms with Crippen LogP contribution in [0.1, 0.15) is 24.4 Å². The van der Waals surface area contributed by atoms with Crippen molar-refractivity contribution in [2.75, 3.05) is 18.4 Å². The molecule has 0 radical (unpaired) electrons. The third-order valence-corrected chi connectivity index (χ3v) is 3.65. The predicted octanol–water partition coefficient (Wildman–Crippen LogP) is 1.86. The Labute approximate surface area is 124 Å². The van der Waals surface area contributed by atoms with Crippen molar-refractivity contribution in [3.05, 3.63) is 36.2 Å². The third-order valence-electron chi connectivity index (χ3n) is 3.65. The SMILES string of the molecule is Cc1cc(Nc2cnccn2)nc(CC2CCNCC2)n1. The molecule has 3 rings (SSSR count). The van der Waals surface area contributed by atoms with E-state index in [1.54, 1.807) is 18.6 Å². The second-order valence-electron chi connectivity index (χ2n) is 5.42. The lowest BCUT2D eigenvalue weighted by atomic mass is 9.94. The van der Waals surface area contributed by atoms with Crippen LogP contribution < -0.4 is 10.6 Å². The molecule has 0 amide bonds. The molecular weight excluding hydrogens is 264 g/mol. The Hall–Kier alpha value is -2.08. The van der Waals surface area contributed by atoms with Crippen LogP contribution in [0.5, 0.6) is 0 Å². The number of anilines is 2. The molecule has 0 spiro atoms. The molecule has 2 aromatic heterocycles. The molecule has 1 fully saturated rings. The molecule has 0 unspecified atom stereocenters. The fourth-order valence-electron chi connectivity index (χ4n) is 2.62. The van der Waals surface area contributed by atoms with Gasteiger partial charge in [-0.25, -0.2) is 15.0 Å². The highest BCUT2D eigenvalue weighted by Crippen LogP contribution is 2.18. The molecule has 110 valence electrons. The van der Waals surface area contributed by atoms with E-state index >= 15 is 0 Å². The highest BCUT2D eigenvalue weighted by molar-refractivity contribution is 5.50. The molecule has 21 heavy (non-hydrogen) atoms. The number of nitrogens with one attached hydrogen (secondary N) is 2. The first-order valence-electron chi connectivity index (χ1n) is 7.38. The molecule has 6 heteroatoms. The van der Waals surface area contributed by atoms with Crippen LogP contribution in [-0.4, -0.2) is 33.0 Å². The van der Waals surface area contributed by atoms with Gasteiger partial charge in [0.05, 0.1) is 6.20 Å². The maximum Gasteiger partial charge on any atom is 0.150 e. The summed E-state index contributed by atoms with van der Waals surface area (Å²) in [5.74, 6) is 3.07. The maximum absolute atomic E-state index is 4.61. The van der Waals surface area contributed by atoms with Gasteiger partial charge >= 0.3 is 0 Å². The summed E-state index contributed by atoms with van der Waals surface area (Å²) in [6, 6.07) is 1.93. The molecule has 0 aliphatic carbocycles. The van der Waals surface area contributed by atoms with Gasteiger partial charge < -0.3 is 10.6 Å². The smallest absolute Gasteiger partial charge is 0.150 e. The minimum absolute atomic E-state index is 0.678. The van der Waals surface area contributed by atoms with Crippen LogP contribution in [0, 0.1) is 12.8 Å². The largest absolute Gasteiger partial charge is 0.324 e. The number of piperidine rings is 1. The van der Waals surface area contributed by atoms with Crippen molar-refractivity contribution in [3.63, 3.8) is 0 Å². The Balaban J connectivity index is 1.73. The molecule has 3 heterocycles. The van der Waals surface area contributed by atoms with Crippen molar-refractivity contribution in [2.24, 2.45) is 5.92 Å². The monoisotopic (exact) mass is 284 g/mol. The van der Waals surface area contributed by atoms with Gasteiger partial charge in [0.2, 0.25) is 0 Å². The Morgan fingerprint density at radius 3 is 2.81 bits per heavy atom. The molecule has 0 saturated carbocycles. The molecule has 0 aromatic carbocycles. The van der Waals surface area contributed by atoms with E-state index in [2.05, 4.69) is 30.6 Å². The van der Waals surface area contributed by atoms with Crippen molar-refractivity contribution in [3.8, 4) is 0 Å². The molecule has 6 nitrogen and oxygen atoms in total. The topological polar surface area (TPSA) is 75.6 Å². The second-order valence-corrected chi connectivity index (χ2v) is 5.42. The Morgan fingerprint density at radius 1 is 1.19 bits per heavy atom. The minimum atomic E-state index is 0.678. The van der Waals surface area contributed by atoms with Gasteiger partial charge in [0.25, 0.3) is 0 Å². The van der Waals surface area contributed by atoms with Crippen LogP contribution in [0.3, 0.4) is 0 Å². The fourth-order valence-corrected chi connectivity index (χ4v) is 2.62. The zero-order valence-corrected chi connectivity index (χ0v) is 12.2. The van der Waals surface area contributed by atoms with E-state index in [0.717, 1.165) is 36.8 Å². The summed E-state index contributed by atoms with van der Waals surface area (Å²) in [7, 11) is 0. The molecule has 1 aliphatic heterocycles. The summed E-state index contributed by atoms with van der Waals surface area (Å²) in [5, 5.41) is 6.57. The highest BCUT2D eigenvalue weighted by Gasteiger charge is 2.15. The average Bonchev–Trinajstić information content (AvgIpc) is 2.48. The van der Waals surface area contributed by atoms with E-state index in [0.29, 0.717) is 11.7 Å². The van der Waals surface area contributed by atoms with E-state index in [1.807, 2.05) is 13.0 Å². The highest BCUT2D eigenvalue weighted by atomic mass is 15.1. The van der Waals surface area contributed by atoms with Gasteiger partial charge in [0.15, 0.2) is 0 Å². The molecule has 0 bridgehead atoms. The van der Waals surface area contributed by atoms with Gasteiger partial charge in [-0.3, -0.25) is 4.98 Å². The van der Waals surface area contributed by atoms with E-state index in [9.17, 15) is 0 Å². The first kappa shape index (κ1) is 13.9. The molecule has 2 N–H and O–H groups in total. The molecule has 1 saturated heterocycles. The van der Waals surface area contributed by atoms with Crippen molar-refractivity contribution in [1.82, 2.24) is 25.3 Å². The fraction of sp³-hybridized carbons (Fsp3) is 0.467. The summed E-state index contributed by atoms with van der Waals surface area (Å²) in [4.78, 5) is 17.4. The summed E-state index contributed by atoms with van der Waals surface area (Å²) in [5.41, 5.74) is 0.973. The van der Waals surface area contributed by atoms with Crippen molar-refractivity contribution in [1.29, 1.82) is 0 Å². The number of hydrogen-bond acceptors (Lipinski definition) is 6. The van der Waals surface area contributed by atoms with Gasteiger partial charge in [0, 0.05) is 30.6 Å². The number of aromatic nitrogens is 4. The van der Waals surface area contributed by atoms with Crippen LogP contribution in [0.15, 0.2) is 24.7 Å². The quantitative estimate of drug-likeness (QED) is 0.892. The van der Waals surface area contributed by atoms with E-state index in [-0.39, 0.29) is 0 Å². The van der Waals surface area contributed by atoms with Crippen molar-refractivity contribution < 1.29 is 0 Å². The first-order chi connectivity index (χ1) is 10.3. The Kier molecular flexibility index (Phi) is 4.35. The molecule has 0 atom stereocenters. The van der Waals surface area contributed by atoms with Gasteiger partial charge in [-0.05, 0) is 38.8 Å². The predicted molar refractivity (Wildman–Crippen MR) is 81.4 cm³/mol. The van der Waals surface area contributed by atoms with Crippen LogP contribution in [0.4, 0.5) is 11.6 Å². The van der Waals surface area contributed by atoms with Crippen LogP contribution in [0.2, 0.25) is 0 Å². The van der Waals surface area contributed by atoms with E-state index in [4.69, 9.17) is 0 Å². The van der Waals surface area contributed by atoms with Crippen LogP contribution >= 0.6 is 0 Å². The summed E-state index contributed by atoms with van der Waals surface area (Å²) < 4.78 is 0. The minimum Gasteiger partial charge on any atom is -0.324 e. The van der Waals surface area contributed by atoms with Gasteiger partial charge in [-0.2, -0.15) is 0 Å². The standard InChI is InChI=1S/C15H20N6/c1-11-8-13(21-15-10-17-6-7-18-15)20-14(19-11)9-12-2-4-16-5-3-12/h6-8,10,12,16H,2-5,9H2,1H3,(H,18,19,20,21). The van der Waals surface area contributed by atoms with Crippen LogP contribution in [0.25, 0.3) is 0 Å². The second kappa shape index (κ2) is 6.58. The van der Waals surface area contributed by atoms with Gasteiger partial charge in [-0.15, -0.1) is 0 Å². The summed E-state index contributed by atoms with van der Waals surface area (Å²) >= 11 is 0. The molecular formula is C15H20N6. The third kappa shape index (κ3) is 3.95. The zero-order valence-electron chi connectivity index (χ0n) is 12.2. The van der Waals surface area contributed by atoms with Crippen molar-refractivity contribution in [2.45, 2.75) is 26.2 Å². The normalized spacial score (nSPS) is 15.9. The van der Waals surface area contributed by atoms with Gasteiger partial charge in [-0.1, -0.05) is 0 Å². The number of rotatable bonds is 4. The number of nitrogens with zero attached hydrogens (tertiary/aromatic N) is 4.